The molecule has 0 radical (unpaired) electrons. The summed E-state index contributed by atoms with van der Waals surface area (Å²) >= 11 is 0. The minimum atomic E-state index is -0.156. The minimum Gasteiger partial charge on any atom is -0.481 e. The van der Waals surface area contributed by atoms with Gasteiger partial charge in [-0.25, -0.2) is 0 Å². The van der Waals surface area contributed by atoms with Gasteiger partial charge in [0.25, 0.3) is 0 Å². The third-order valence-corrected chi connectivity index (χ3v) is 6.96. The molecule has 2 aliphatic carbocycles. The maximum atomic E-state index is 12.7. The molecule has 4 unspecified atom stereocenters. The minimum absolute atomic E-state index is 0.102. The summed E-state index contributed by atoms with van der Waals surface area (Å²) in [6.45, 7) is 8.66. The zero-order valence-electron chi connectivity index (χ0n) is 19.7. The van der Waals surface area contributed by atoms with Gasteiger partial charge in [0, 0.05) is 0 Å². The number of fused-ring (bicyclic) bond motifs is 1. The molecule has 2 aromatic rings. The summed E-state index contributed by atoms with van der Waals surface area (Å²) < 4.78 is 5.93. The lowest BCUT2D eigenvalue weighted by molar-refractivity contribution is -0.116. The first-order valence-corrected chi connectivity index (χ1v) is 11.8. The van der Waals surface area contributed by atoms with E-state index in [9.17, 15) is 4.79 Å². The number of benzene rings is 2. The van der Waals surface area contributed by atoms with Gasteiger partial charge >= 0.3 is 0 Å². The van der Waals surface area contributed by atoms with E-state index >= 15 is 0 Å². The standard InChI is InChI=1S/C23H26O2.C7H8/c1-14-7-10-21-20(11-14)23(24)22(25-21)13-17-9-8-16(3)19(12-17)18-6-4-5-15(18)2;1-7-5-3-2-4-6-7/h7-13,15,18,20-21H,4-6H2,1-3H3;2-6H,1H3/b22-13-;. The van der Waals surface area contributed by atoms with Gasteiger partial charge in [-0.1, -0.05) is 91.6 Å². The maximum Gasteiger partial charge on any atom is 0.208 e. The van der Waals surface area contributed by atoms with Crippen LogP contribution in [0.3, 0.4) is 0 Å². The number of carbonyl (C=O) groups is 1. The second-order valence-electron chi connectivity index (χ2n) is 9.54. The van der Waals surface area contributed by atoms with Crippen molar-refractivity contribution in [3.05, 3.63) is 100 Å². The molecule has 2 aromatic carbocycles. The Morgan fingerprint density at radius 2 is 1.78 bits per heavy atom. The van der Waals surface area contributed by atoms with Gasteiger partial charge in [0.15, 0.2) is 5.76 Å². The number of aryl methyl sites for hydroxylation is 2. The second-order valence-corrected chi connectivity index (χ2v) is 9.54. The Morgan fingerprint density at radius 1 is 1.00 bits per heavy atom. The average Bonchev–Trinajstić information content (AvgIpc) is 3.34. The molecule has 5 rings (SSSR count). The van der Waals surface area contributed by atoms with Crippen LogP contribution in [0.4, 0.5) is 0 Å². The number of allylic oxidation sites excluding steroid dienone is 3. The fourth-order valence-corrected chi connectivity index (χ4v) is 5.05. The lowest BCUT2D eigenvalue weighted by Gasteiger charge is -2.19. The zero-order chi connectivity index (χ0) is 22.7. The molecule has 0 aromatic heterocycles. The molecule has 3 aliphatic rings. The van der Waals surface area contributed by atoms with Crippen LogP contribution in [0.15, 0.2) is 78.1 Å². The molecule has 166 valence electrons. The van der Waals surface area contributed by atoms with E-state index in [-0.39, 0.29) is 17.8 Å². The number of hydrogen-bond donors (Lipinski definition) is 0. The number of Topliss-reactive ketones (excluding diaryl/α,β-unsaturated/α-hetero) is 1. The molecular formula is C30H34O2. The molecule has 4 atom stereocenters. The molecule has 0 N–H and O–H groups in total. The second kappa shape index (κ2) is 9.73. The van der Waals surface area contributed by atoms with E-state index in [1.807, 2.05) is 49.4 Å². The first-order chi connectivity index (χ1) is 15.4. The third kappa shape index (κ3) is 4.96. The largest absolute Gasteiger partial charge is 0.481 e. The number of rotatable bonds is 2. The smallest absolute Gasteiger partial charge is 0.208 e. The van der Waals surface area contributed by atoms with Crippen molar-refractivity contribution in [2.24, 2.45) is 11.8 Å². The number of ketones is 1. The molecule has 1 saturated carbocycles. The molecule has 1 aliphatic heterocycles. The van der Waals surface area contributed by atoms with Gasteiger partial charge in [0.2, 0.25) is 5.78 Å². The van der Waals surface area contributed by atoms with Crippen molar-refractivity contribution in [1.82, 2.24) is 0 Å². The summed E-state index contributed by atoms with van der Waals surface area (Å²) in [6.07, 6.45) is 11.8. The molecule has 0 bridgehead atoms. The van der Waals surface area contributed by atoms with Crippen LogP contribution in [0.1, 0.15) is 61.3 Å². The van der Waals surface area contributed by atoms with Crippen molar-refractivity contribution in [3.63, 3.8) is 0 Å². The summed E-state index contributed by atoms with van der Waals surface area (Å²) in [4.78, 5) is 12.7. The molecular weight excluding hydrogens is 392 g/mol. The Balaban J connectivity index is 0.000000300. The highest BCUT2D eigenvalue weighted by Crippen LogP contribution is 2.41. The van der Waals surface area contributed by atoms with Gasteiger partial charge in [0.1, 0.15) is 6.10 Å². The zero-order valence-corrected chi connectivity index (χ0v) is 19.7. The normalized spacial score (nSPS) is 27.4. The average molecular weight is 427 g/mol. The van der Waals surface area contributed by atoms with E-state index in [4.69, 9.17) is 4.74 Å². The first kappa shape index (κ1) is 22.3. The van der Waals surface area contributed by atoms with Crippen LogP contribution in [0.2, 0.25) is 0 Å². The highest BCUT2D eigenvalue weighted by Gasteiger charge is 2.38. The molecule has 1 heterocycles. The Hall–Kier alpha value is -2.87. The molecule has 2 heteroatoms. The van der Waals surface area contributed by atoms with Crippen molar-refractivity contribution >= 4 is 11.9 Å². The Morgan fingerprint density at radius 3 is 2.44 bits per heavy atom. The summed E-state index contributed by atoms with van der Waals surface area (Å²) in [5, 5.41) is 0. The topological polar surface area (TPSA) is 26.3 Å². The highest BCUT2D eigenvalue weighted by atomic mass is 16.5. The van der Waals surface area contributed by atoms with Gasteiger partial charge < -0.3 is 4.74 Å². The van der Waals surface area contributed by atoms with Crippen LogP contribution in [-0.4, -0.2) is 11.9 Å². The van der Waals surface area contributed by atoms with Gasteiger partial charge in [-0.05, 0) is 67.9 Å². The van der Waals surface area contributed by atoms with Crippen LogP contribution in [0.25, 0.3) is 6.08 Å². The monoisotopic (exact) mass is 426 g/mol. The van der Waals surface area contributed by atoms with Gasteiger partial charge in [-0.2, -0.15) is 0 Å². The van der Waals surface area contributed by atoms with Crippen LogP contribution in [0, 0.1) is 25.7 Å². The quantitative estimate of drug-likeness (QED) is 0.470. The van der Waals surface area contributed by atoms with Crippen molar-refractivity contribution in [1.29, 1.82) is 0 Å². The van der Waals surface area contributed by atoms with E-state index in [1.54, 1.807) is 0 Å². The van der Waals surface area contributed by atoms with Gasteiger partial charge in [-0.15, -0.1) is 0 Å². The highest BCUT2D eigenvalue weighted by molar-refractivity contribution is 6.03. The van der Waals surface area contributed by atoms with Crippen molar-refractivity contribution in [2.45, 2.75) is 59.0 Å². The predicted molar refractivity (Wildman–Crippen MR) is 132 cm³/mol. The van der Waals surface area contributed by atoms with Crippen molar-refractivity contribution in [3.8, 4) is 0 Å². The van der Waals surface area contributed by atoms with E-state index in [1.165, 1.54) is 36.0 Å². The Kier molecular flexibility index (Phi) is 6.79. The summed E-state index contributed by atoms with van der Waals surface area (Å²) in [5.41, 5.74) is 6.33. The van der Waals surface area contributed by atoms with Crippen LogP contribution in [-0.2, 0) is 9.53 Å². The van der Waals surface area contributed by atoms with Crippen molar-refractivity contribution in [2.75, 3.05) is 0 Å². The first-order valence-electron chi connectivity index (χ1n) is 11.8. The van der Waals surface area contributed by atoms with Crippen LogP contribution in [0.5, 0.6) is 0 Å². The fourth-order valence-electron chi connectivity index (χ4n) is 5.05. The van der Waals surface area contributed by atoms with Crippen LogP contribution < -0.4 is 0 Å². The summed E-state index contributed by atoms with van der Waals surface area (Å²) in [6, 6.07) is 16.8. The summed E-state index contributed by atoms with van der Waals surface area (Å²) in [7, 11) is 0. The van der Waals surface area contributed by atoms with E-state index in [2.05, 4.69) is 51.1 Å². The molecule has 2 fully saturated rings. The molecule has 0 spiro atoms. The number of ether oxygens (including phenoxy) is 1. The Labute approximate surface area is 192 Å². The Bertz CT molecular complexity index is 1060. The molecule has 1 saturated heterocycles. The maximum absolute atomic E-state index is 12.7. The molecule has 32 heavy (non-hydrogen) atoms. The van der Waals surface area contributed by atoms with E-state index < -0.39 is 0 Å². The van der Waals surface area contributed by atoms with Crippen LogP contribution >= 0.6 is 0 Å². The summed E-state index contributed by atoms with van der Waals surface area (Å²) in [5.74, 6) is 1.84. The molecule has 0 amide bonds. The lowest BCUT2D eigenvalue weighted by Crippen LogP contribution is -2.18. The number of carbonyl (C=O) groups excluding carboxylic acids is 1. The predicted octanol–water partition coefficient (Wildman–Crippen LogP) is 7.33. The van der Waals surface area contributed by atoms with E-state index in [0.717, 1.165) is 17.1 Å². The van der Waals surface area contributed by atoms with Crippen molar-refractivity contribution < 1.29 is 9.53 Å². The number of hydrogen-bond acceptors (Lipinski definition) is 2. The fraction of sp³-hybridized carbons (Fsp3) is 0.367. The molecule has 2 nitrogen and oxygen atoms in total. The van der Waals surface area contributed by atoms with Gasteiger partial charge in [0.05, 0.1) is 5.92 Å². The lowest BCUT2D eigenvalue weighted by atomic mass is 9.86. The third-order valence-electron chi connectivity index (χ3n) is 6.96. The SMILES string of the molecule is CC1=CC2C(=O)/C(=C/c3ccc(C)c(C4CCCC4C)c3)OC2C=C1.Cc1ccccc1. The van der Waals surface area contributed by atoms with Gasteiger partial charge in [-0.3, -0.25) is 4.79 Å². The van der Waals surface area contributed by atoms with E-state index in [0.29, 0.717) is 11.7 Å².